The van der Waals surface area contributed by atoms with Gasteiger partial charge in [-0.15, -0.1) is 0 Å². The Bertz CT molecular complexity index is 345. The van der Waals surface area contributed by atoms with E-state index in [1.54, 1.807) is 6.20 Å². The van der Waals surface area contributed by atoms with E-state index in [1.807, 2.05) is 17.8 Å². The van der Waals surface area contributed by atoms with Gasteiger partial charge in [-0.05, 0) is 6.42 Å². The Morgan fingerprint density at radius 1 is 1.67 bits per heavy atom. The zero-order valence-electron chi connectivity index (χ0n) is 9.57. The smallest absolute Gasteiger partial charge is 0.122 e. The van der Waals surface area contributed by atoms with Crippen molar-refractivity contribution in [1.29, 1.82) is 0 Å². The van der Waals surface area contributed by atoms with E-state index in [9.17, 15) is 5.11 Å². The van der Waals surface area contributed by atoms with E-state index in [2.05, 4.69) is 24.1 Å². The summed E-state index contributed by atoms with van der Waals surface area (Å²) in [6.07, 6.45) is 4.42. The van der Waals surface area contributed by atoms with Gasteiger partial charge in [-0.1, -0.05) is 13.8 Å². The number of aliphatic hydroxyl groups is 1. The zero-order chi connectivity index (χ0) is 11.1. The van der Waals surface area contributed by atoms with Crippen LogP contribution in [-0.2, 0) is 13.6 Å². The first-order chi connectivity index (χ1) is 7.01. The summed E-state index contributed by atoms with van der Waals surface area (Å²) >= 11 is 0. The van der Waals surface area contributed by atoms with Crippen LogP contribution in [0.1, 0.15) is 26.1 Å². The van der Waals surface area contributed by atoms with E-state index in [0.717, 1.165) is 18.8 Å². The van der Waals surface area contributed by atoms with Crippen LogP contribution in [0.25, 0.3) is 0 Å². The molecule has 0 bridgehead atoms. The van der Waals surface area contributed by atoms with Crippen molar-refractivity contribution < 1.29 is 5.11 Å². The Balaban J connectivity index is 1.88. The fourth-order valence-electron chi connectivity index (χ4n) is 2.03. The molecule has 2 N–H and O–H groups in total. The minimum absolute atomic E-state index is 0.00877. The zero-order valence-corrected chi connectivity index (χ0v) is 9.57. The molecule has 0 amide bonds. The van der Waals surface area contributed by atoms with Crippen LogP contribution in [0.4, 0.5) is 0 Å². The maximum Gasteiger partial charge on any atom is 0.122 e. The molecular formula is C11H19N3O. The van der Waals surface area contributed by atoms with Gasteiger partial charge in [0.2, 0.25) is 0 Å². The predicted octanol–water partition coefficient (Wildman–Crippen LogP) is 0.669. The SMILES string of the molecule is Cn1ccnc1CNC1CC(O)C1(C)C. The molecule has 0 aliphatic heterocycles. The van der Waals surface area contributed by atoms with E-state index >= 15 is 0 Å². The second-order valence-corrected chi connectivity index (χ2v) is 4.96. The molecule has 1 aromatic rings. The lowest BCUT2D eigenvalue weighted by Gasteiger charge is -2.49. The van der Waals surface area contributed by atoms with E-state index in [-0.39, 0.29) is 11.5 Å². The summed E-state index contributed by atoms with van der Waals surface area (Å²) in [5.41, 5.74) is -0.00877. The molecule has 0 saturated heterocycles. The van der Waals surface area contributed by atoms with Gasteiger partial charge < -0.3 is 15.0 Å². The second kappa shape index (κ2) is 3.61. The largest absolute Gasteiger partial charge is 0.392 e. The van der Waals surface area contributed by atoms with Gasteiger partial charge in [0.05, 0.1) is 12.6 Å². The fraction of sp³-hybridized carbons (Fsp3) is 0.727. The van der Waals surface area contributed by atoms with Gasteiger partial charge in [0, 0.05) is 30.9 Å². The Morgan fingerprint density at radius 2 is 2.40 bits per heavy atom. The number of aliphatic hydroxyl groups excluding tert-OH is 1. The molecule has 4 heteroatoms. The third-order valence-corrected chi connectivity index (χ3v) is 3.64. The highest BCUT2D eigenvalue weighted by atomic mass is 16.3. The summed E-state index contributed by atoms with van der Waals surface area (Å²) in [6.45, 7) is 4.96. The summed E-state index contributed by atoms with van der Waals surface area (Å²) in [6, 6.07) is 0.393. The molecule has 2 unspecified atom stereocenters. The molecule has 2 rings (SSSR count). The molecule has 2 atom stereocenters. The molecule has 1 saturated carbocycles. The van der Waals surface area contributed by atoms with Crippen LogP contribution < -0.4 is 5.32 Å². The average molecular weight is 209 g/mol. The van der Waals surface area contributed by atoms with Crippen LogP contribution in [0.2, 0.25) is 0 Å². The lowest BCUT2D eigenvalue weighted by atomic mass is 9.64. The molecule has 1 heterocycles. The highest BCUT2D eigenvalue weighted by Crippen LogP contribution is 2.40. The lowest BCUT2D eigenvalue weighted by Crippen LogP contribution is -2.59. The third kappa shape index (κ3) is 1.79. The molecule has 15 heavy (non-hydrogen) atoms. The fourth-order valence-corrected chi connectivity index (χ4v) is 2.03. The standard InChI is InChI=1S/C11H19N3O/c1-11(2)8(6-9(11)15)13-7-10-12-4-5-14(10)3/h4-5,8-9,13,15H,6-7H2,1-3H3. The number of imidazole rings is 1. The van der Waals surface area contributed by atoms with Crippen LogP contribution >= 0.6 is 0 Å². The van der Waals surface area contributed by atoms with Gasteiger partial charge in [0.15, 0.2) is 0 Å². The molecule has 0 aromatic carbocycles. The molecular weight excluding hydrogens is 190 g/mol. The van der Waals surface area contributed by atoms with Crippen LogP contribution in [0, 0.1) is 5.41 Å². The summed E-state index contributed by atoms with van der Waals surface area (Å²) in [4.78, 5) is 4.25. The lowest BCUT2D eigenvalue weighted by molar-refractivity contribution is -0.0732. The first kappa shape index (κ1) is 10.6. The van der Waals surface area contributed by atoms with Gasteiger partial charge in [-0.3, -0.25) is 0 Å². The number of rotatable bonds is 3. The minimum atomic E-state index is -0.170. The normalized spacial score (nSPS) is 28.8. The van der Waals surface area contributed by atoms with Crippen molar-refractivity contribution >= 4 is 0 Å². The number of aryl methyl sites for hydroxylation is 1. The molecule has 0 spiro atoms. The van der Waals surface area contributed by atoms with Crippen molar-refractivity contribution in [2.75, 3.05) is 0 Å². The molecule has 4 nitrogen and oxygen atoms in total. The Kier molecular flexibility index (Phi) is 2.56. The topological polar surface area (TPSA) is 50.1 Å². The summed E-state index contributed by atoms with van der Waals surface area (Å²) < 4.78 is 2.01. The summed E-state index contributed by atoms with van der Waals surface area (Å²) in [7, 11) is 1.99. The van der Waals surface area contributed by atoms with Gasteiger partial charge in [0.25, 0.3) is 0 Å². The number of nitrogens with one attached hydrogen (secondary N) is 1. The molecule has 1 aliphatic rings. The summed E-state index contributed by atoms with van der Waals surface area (Å²) in [5.74, 6) is 1.03. The highest BCUT2D eigenvalue weighted by molar-refractivity contribution is 5.02. The monoisotopic (exact) mass is 209 g/mol. The number of hydrogen-bond donors (Lipinski definition) is 2. The first-order valence-electron chi connectivity index (χ1n) is 5.39. The molecule has 1 fully saturated rings. The first-order valence-corrected chi connectivity index (χ1v) is 5.39. The van der Waals surface area contributed by atoms with Crippen molar-refractivity contribution in [2.24, 2.45) is 12.5 Å². The van der Waals surface area contributed by atoms with Crippen molar-refractivity contribution in [1.82, 2.24) is 14.9 Å². The van der Waals surface area contributed by atoms with Gasteiger partial charge in [-0.25, -0.2) is 4.98 Å². The Labute approximate surface area is 90.3 Å². The maximum absolute atomic E-state index is 9.60. The number of nitrogens with zero attached hydrogens (tertiary/aromatic N) is 2. The quantitative estimate of drug-likeness (QED) is 0.769. The predicted molar refractivity (Wildman–Crippen MR) is 58.2 cm³/mol. The van der Waals surface area contributed by atoms with E-state index in [1.165, 1.54) is 0 Å². The Morgan fingerprint density at radius 3 is 2.87 bits per heavy atom. The van der Waals surface area contributed by atoms with Crippen LogP contribution in [0.3, 0.4) is 0 Å². The van der Waals surface area contributed by atoms with E-state index < -0.39 is 0 Å². The van der Waals surface area contributed by atoms with Gasteiger partial charge in [0.1, 0.15) is 5.82 Å². The van der Waals surface area contributed by atoms with Crippen LogP contribution in [0.15, 0.2) is 12.4 Å². The summed E-state index contributed by atoms with van der Waals surface area (Å²) in [5, 5.41) is 13.0. The van der Waals surface area contributed by atoms with Gasteiger partial charge >= 0.3 is 0 Å². The molecule has 1 aromatic heterocycles. The minimum Gasteiger partial charge on any atom is -0.392 e. The van der Waals surface area contributed by atoms with Crippen molar-refractivity contribution in [2.45, 2.75) is 39.0 Å². The molecule has 1 aliphatic carbocycles. The average Bonchev–Trinajstić information content (AvgIpc) is 2.58. The molecule has 84 valence electrons. The van der Waals surface area contributed by atoms with Crippen molar-refractivity contribution in [3.8, 4) is 0 Å². The maximum atomic E-state index is 9.60. The van der Waals surface area contributed by atoms with Crippen molar-refractivity contribution in [3.63, 3.8) is 0 Å². The van der Waals surface area contributed by atoms with Crippen molar-refractivity contribution in [3.05, 3.63) is 18.2 Å². The van der Waals surface area contributed by atoms with Gasteiger partial charge in [-0.2, -0.15) is 0 Å². The Hall–Kier alpha value is -0.870. The third-order valence-electron chi connectivity index (χ3n) is 3.64. The number of hydrogen-bond acceptors (Lipinski definition) is 3. The highest BCUT2D eigenvalue weighted by Gasteiger charge is 2.46. The second-order valence-electron chi connectivity index (χ2n) is 4.96. The van der Waals surface area contributed by atoms with E-state index in [0.29, 0.717) is 6.04 Å². The van der Waals surface area contributed by atoms with E-state index in [4.69, 9.17) is 0 Å². The molecule has 0 radical (unpaired) electrons. The van der Waals surface area contributed by atoms with Crippen LogP contribution in [0.5, 0.6) is 0 Å². The van der Waals surface area contributed by atoms with Crippen LogP contribution in [-0.4, -0.2) is 26.8 Å². The number of aromatic nitrogens is 2.